The van der Waals surface area contributed by atoms with Crippen molar-refractivity contribution in [2.24, 2.45) is 5.10 Å². The molecule has 0 bridgehead atoms. The molecule has 3 nitrogen and oxygen atoms in total. The summed E-state index contributed by atoms with van der Waals surface area (Å²) >= 11 is 1.60. The van der Waals surface area contributed by atoms with Gasteiger partial charge in [0.15, 0.2) is 0 Å². The fraction of sp³-hybridized carbons (Fsp3) is 0.143. The summed E-state index contributed by atoms with van der Waals surface area (Å²) in [5, 5.41) is 4.02. The molecule has 1 aromatic heterocycles. The minimum atomic E-state index is -0.442. The van der Waals surface area contributed by atoms with Crippen LogP contribution >= 0.6 is 11.3 Å². The van der Waals surface area contributed by atoms with E-state index in [0.29, 0.717) is 0 Å². The predicted octanol–water partition coefficient (Wildman–Crippen LogP) is 3.35. The molecular weight excluding hydrogens is 263 g/mol. The molecule has 2 aromatic rings. The van der Waals surface area contributed by atoms with Crippen molar-refractivity contribution in [2.45, 2.75) is 13.8 Å². The molecule has 0 aliphatic heterocycles. The largest absolute Gasteiger partial charge is 0.271 e. The monoisotopic (exact) mass is 276 g/mol. The first kappa shape index (κ1) is 13.4. The molecule has 1 N–H and O–H groups in total. The zero-order valence-corrected chi connectivity index (χ0v) is 11.4. The lowest BCUT2D eigenvalue weighted by Gasteiger charge is -2.01. The van der Waals surface area contributed by atoms with E-state index in [4.69, 9.17) is 0 Å². The van der Waals surface area contributed by atoms with Crippen molar-refractivity contribution in [1.29, 1.82) is 0 Å². The molecule has 1 heterocycles. The number of carbonyl (C=O) groups is 1. The van der Waals surface area contributed by atoms with Crippen LogP contribution in [0.4, 0.5) is 4.39 Å². The second-order valence-electron chi connectivity index (χ2n) is 4.06. The Kier molecular flexibility index (Phi) is 4.06. The Labute approximate surface area is 114 Å². The van der Waals surface area contributed by atoms with Crippen LogP contribution in [-0.4, -0.2) is 11.6 Å². The number of rotatable bonds is 3. The molecule has 5 heteroatoms. The van der Waals surface area contributed by atoms with Crippen LogP contribution < -0.4 is 5.43 Å². The summed E-state index contributed by atoms with van der Waals surface area (Å²) in [6.45, 7) is 3.82. The quantitative estimate of drug-likeness (QED) is 0.678. The second-order valence-corrected chi connectivity index (χ2v) is 5.35. The summed E-state index contributed by atoms with van der Waals surface area (Å²) in [5.41, 5.74) is 3.40. The first-order valence-electron chi connectivity index (χ1n) is 5.73. The number of carbonyl (C=O) groups excluding carboxylic acids is 1. The van der Waals surface area contributed by atoms with Crippen molar-refractivity contribution in [1.82, 2.24) is 5.43 Å². The van der Waals surface area contributed by atoms with Crippen molar-refractivity contribution >= 4 is 23.0 Å². The van der Waals surface area contributed by atoms with E-state index in [9.17, 15) is 9.18 Å². The van der Waals surface area contributed by atoms with Crippen molar-refractivity contribution < 1.29 is 9.18 Å². The highest BCUT2D eigenvalue weighted by Crippen LogP contribution is 2.15. The number of aryl methyl sites for hydroxylation is 1. The highest BCUT2D eigenvalue weighted by atomic mass is 32.1. The maximum absolute atomic E-state index is 13.0. The summed E-state index contributed by atoms with van der Waals surface area (Å²) < 4.78 is 13.0. The van der Waals surface area contributed by atoms with Gasteiger partial charge in [0.1, 0.15) is 5.82 Å². The third-order valence-corrected chi connectivity index (χ3v) is 3.62. The Morgan fingerprint density at radius 1 is 1.32 bits per heavy atom. The first-order valence-corrected chi connectivity index (χ1v) is 6.55. The SMILES string of the molecule is CC(=NNC(=O)c1cccc(F)c1)c1ccc(C)s1. The van der Waals surface area contributed by atoms with E-state index in [1.165, 1.54) is 23.1 Å². The van der Waals surface area contributed by atoms with Crippen molar-refractivity contribution in [3.05, 3.63) is 57.5 Å². The van der Waals surface area contributed by atoms with E-state index in [0.717, 1.165) is 10.6 Å². The molecule has 0 spiro atoms. The molecule has 0 saturated heterocycles. The molecule has 0 saturated carbocycles. The number of hydrogen-bond acceptors (Lipinski definition) is 3. The second kappa shape index (κ2) is 5.75. The van der Waals surface area contributed by atoms with Gasteiger partial charge in [-0.25, -0.2) is 9.82 Å². The molecule has 0 atom stereocenters. The molecule has 0 unspecified atom stereocenters. The van der Waals surface area contributed by atoms with Gasteiger partial charge in [-0.2, -0.15) is 5.10 Å². The molecule has 19 heavy (non-hydrogen) atoms. The Balaban J connectivity index is 2.07. The van der Waals surface area contributed by atoms with E-state index < -0.39 is 11.7 Å². The van der Waals surface area contributed by atoms with E-state index in [2.05, 4.69) is 10.5 Å². The van der Waals surface area contributed by atoms with Crippen LogP contribution in [-0.2, 0) is 0 Å². The highest BCUT2D eigenvalue weighted by molar-refractivity contribution is 7.14. The summed E-state index contributed by atoms with van der Waals surface area (Å²) in [4.78, 5) is 13.9. The summed E-state index contributed by atoms with van der Waals surface area (Å²) in [5.74, 6) is -0.866. The fourth-order valence-electron chi connectivity index (χ4n) is 1.51. The van der Waals surface area contributed by atoms with Gasteiger partial charge in [-0.3, -0.25) is 4.79 Å². The van der Waals surface area contributed by atoms with Gasteiger partial charge in [0.25, 0.3) is 5.91 Å². The fourth-order valence-corrected chi connectivity index (χ4v) is 2.33. The Hall–Kier alpha value is -2.01. The number of hydrazone groups is 1. The number of thiophene rings is 1. The topological polar surface area (TPSA) is 41.5 Å². The lowest BCUT2D eigenvalue weighted by molar-refractivity contribution is 0.0954. The lowest BCUT2D eigenvalue weighted by atomic mass is 10.2. The maximum atomic E-state index is 13.0. The third kappa shape index (κ3) is 3.48. The van der Waals surface area contributed by atoms with Gasteiger partial charge in [-0.15, -0.1) is 11.3 Å². The molecule has 1 amide bonds. The van der Waals surface area contributed by atoms with Gasteiger partial charge < -0.3 is 0 Å². The zero-order chi connectivity index (χ0) is 13.8. The molecule has 0 fully saturated rings. The van der Waals surface area contributed by atoms with Crippen LogP contribution in [0.2, 0.25) is 0 Å². The van der Waals surface area contributed by atoms with Gasteiger partial charge >= 0.3 is 0 Å². The van der Waals surface area contributed by atoms with E-state index in [1.54, 1.807) is 17.4 Å². The third-order valence-electron chi connectivity index (χ3n) is 2.51. The minimum Gasteiger partial charge on any atom is -0.267 e. The van der Waals surface area contributed by atoms with E-state index in [-0.39, 0.29) is 5.56 Å². The van der Waals surface area contributed by atoms with Crippen LogP contribution in [0, 0.1) is 12.7 Å². The number of benzene rings is 1. The van der Waals surface area contributed by atoms with Crippen LogP contribution in [0.15, 0.2) is 41.5 Å². The van der Waals surface area contributed by atoms with Gasteiger partial charge in [0, 0.05) is 10.4 Å². The van der Waals surface area contributed by atoms with Crippen LogP contribution in [0.3, 0.4) is 0 Å². The summed E-state index contributed by atoms with van der Waals surface area (Å²) in [7, 11) is 0. The number of amides is 1. The highest BCUT2D eigenvalue weighted by Gasteiger charge is 2.06. The molecular formula is C14H13FN2OS. The molecule has 98 valence electrons. The minimum absolute atomic E-state index is 0.249. The molecule has 0 aliphatic carbocycles. The zero-order valence-electron chi connectivity index (χ0n) is 10.6. The number of halogens is 1. The molecule has 0 radical (unpaired) electrons. The Morgan fingerprint density at radius 2 is 2.11 bits per heavy atom. The molecule has 0 aliphatic rings. The van der Waals surface area contributed by atoms with E-state index in [1.807, 2.05) is 26.0 Å². The first-order chi connectivity index (χ1) is 9.06. The van der Waals surface area contributed by atoms with Gasteiger partial charge in [-0.1, -0.05) is 6.07 Å². The number of hydrogen-bond donors (Lipinski definition) is 1. The molecule has 1 aromatic carbocycles. The van der Waals surface area contributed by atoms with Gasteiger partial charge in [0.05, 0.1) is 10.6 Å². The maximum Gasteiger partial charge on any atom is 0.271 e. The van der Waals surface area contributed by atoms with E-state index >= 15 is 0 Å². The summed E-state index contributed by atoms with van der Waals surface area (Å²) in [6, 6.07) is 9.44. The smallest absolute Gasteiger partial charge is 0.267 e. The standard InChI is InChI=1S/C14H13FN2OS/c1-9-6-7-13(19-9)10(2)16-17-14(18)11-4-3-5-12(15)8-11/h3-8H,1-2H3,(H,17,18). The van der Waals surface area contributed by atoms with Crippen molar-refractivity contribution in [3.8, 4) is 0 Å². The predicted molar refractivity (Wildman–Crippen MR) is 75.1 cm³/mol. The number of nitrogens with zero attached hydrogens (tertiary/aromatic N) is 1. The Morgan fingerprint density at radius 3 is 2.74 bits per heavy atom. The van der Waals surface area contributed by atoms with Gasteiger partial charge in [0.2, 0.25) is 0 Å². The average molecular weight is 276 g/mol. The molecule has 2 rings (SSSR count). The van der Waals surface area contributed by atoms with Crippen LogP contribution in [0.25, 0.3) is 0 Å². The summed E-state index contributed by atoms with van der Waals surface area (Å²) in [6.07, 6.45) is 0. The lowest BCUT2D eigenvalue weighted by Crippen LogP contribution is -2.19. The normalized spacial score (nSPS) is 11.4. The van der Waals surface area contributed by atoms with Crippen molar-refractivity contribution in [2.75, 3.05) is 0 Å². The number of nitrogens with one attached hydrogen (secondary N) is 1. The Bertz CT molecular complexity index is 634. The van der Waals surface area contributed by atoms with Crippen LogP contribution in [0.1, 0.15) is 27.0 Å². The van der Waals surface area contributed by atoms with Gasteiger partial charge in [-0.05, 0) is 44.2 Å². The average Bonchev–Trinajstić information content (AvgIpc) is 2.82. The van der Waals surface area contributed by atoms with Crippen LogP contribution in [0.5, 0.6) is 0 Å². The van der Waals surface area contributed by atoms with Crippen molar-refractivity contribution in [3.63, 3.8) is 0 Å².